The van der Waals surface area contributed by atoms with Gasteiger partial charge in [0.05, 0.1) is 25.5 Å². The first-order valence-electron chi connectivity index (χ1n) is 25.6. The first-order valence-corrected chi connectivity index (χ1v) is 25.6. The Balaban J connectivity index is 1.29. The Morgan fingerprint density at radius 3 is 1.18 bits per heavy atom. The quantitative estimate of drug-likeness (QED) is 0.0466. The van der Waals surface area contributed by atoms with Gasteiger partial charge in [-0.2, -0.15) is 0 Å². The minimum Gasteiger partial charge on any atom is -0.330 e. The molecular formula is C52H100N4+2. The normalized spacial score (nSPS) is 16.8. The van der Waals surface area contributed by atoms with Crippen LogP contribution >= 0.6 is 0 Å². The molecule has 56 heavy (non-hydrogen) atoms. The van der Waals surface area contributed by atoms with Gasteiger partial charge in [-0.05, 0) is 95.0 Å². The lowest BCUT2D eigenvalue weighted by atomic mass is 10.0. The van der Waals surface area contributed by atoms with E-state index < -0.39 is 0 Å². The monoisotopic (exact) mass is 781 g/mol. The summed E-state index contributed by atoms with van der Waals surface area (Å²) >= 11 is 0. The van der Waals surface area contributed by atoms with Gasteiger partial charge >= 0.3 is 0 Å². The molecule has 2 aliphatic heterocycles. The van der Waals surface area contributed by atoms with Crippen molar-refractivity contribution in [3.63, 3.8) is 0 Å². The van der Waals surface area contributed by atoms with Crippen LogP contribution in [0.25, 0.3) is 0 Å². The second kappa shape index (κ2) is 40.6. The van der Waals surface area contributed by atoms with Gasteiger partial charge in [-0.25, -0.2) is 0 Å². The summed E-state index contributed by atoms with van der Waals surface area (Å²) in [6, 6.07) is 0. The van der Waals surface area contributed by atoms with Crippen LogP contribution in [0.1, 0.15) is 244 Å². The molecule has 4 nitrogen and oxygen atoms in total. The predicted molar refractivity (Wildman–Crippen MR) is 249 cm³/mol. The van der Waals surface area contributed by atoms with E-state index in [2.05, 4.69) is 36.7 Å². The third-order valence-electron chi connectivity index (χ3n) is 12.8. The number of rotatable bonds is 43. The lowest BCUT2D eigenvalue weighted by Crippen LogP contribution is -3.08. The maximum atomic E-state index is 5.58. The number of nitrogens with two attached hydrogens (primary N) is 2. The number of hydrogen-bond donors (Lipinski definition) is 4. The van der Waals surface area contributed by atoms with Crippen LogP contribution in [-0.4, -0.2) is 39.3 Å². The standard InChI is InChI=1S/C52H98N4/c53-43-33-27-21-15-9-3-1-2-5-11-17-23-29-35-45-55-47-37-41-51(49-55)39-31-25-19-13-7-8-14-20-26-32-40-52-42-38-48-56(50-52)46-36-30-24-18-12-6-4-10-16-22-28-34-44-54/h37-38,41-42,47,50H,1-36,39-40,43-46,48-49,53-54H2/p+2. The average molecular weight is 781 g/mol. The lowest BCUT2D eigenvalue weighted by molar-refractivity contribution is -0.842. The molecule has 4 heteroatoms. The third kappa shape index (κ3) is 32.7. The molecule has 2 unspecified atom stereocenters. The molecule has 0 aromatic carbocycles. The Labute approximate surface area is 351 Å². The molecule has 0 amide bonds. The Hall–Kier alpha value is -1.20. The van der Waals surface area contributed by atoms with Crippen molar-refractivity contribution in [3.05, 3.63) is 47.9 Å². The number of nitrogens with one attached hydrogen (secondary N) is 2. The Bertz CT molecular complexity index is 950. The molecule has 0 radical (unpaired) electrons. The maximum absolute atomic E-state index is 5.58. The van der Waals surface area contributed by atoms with Crippen molar-refractivity contribution in [1.29, 1.82) is 0 Å². The van der Waals surface area contributed by atoms with Crippen molar-refractivity contribution in [2.45, 2.75) is 244 Å². The van der Waals surface area contributed by atoms with Gasteiger partial charge < -0.3 is 21.3 Å². The van der Waals surface area contributed by atoms with E-state index in [1.807, 2.05) is 0 Å². The molecule has 0 aromatic rings. The van der Waals surface area contributed by atoms with E-state index >= 15 is 0 Å². The number of allylic oxidation sites excluding steroid dienone is 4. The number of unbranched alkanes of at least 4 members (excludes halogenated alkanes) is 33. The molecule has 0 fully saturated rings. The fourth-order valence-electron chi connectivity index (χ4n) is 9.11. The first-order chi connectivity index (χ1) is 27.8. The molecule has 2 rings (SSSR count). The summed E-state index contributed by atoms with van der Waals surface area (Å²) in [5.41, 5.74) is 14.5. The van der Waals surface area contributed by atoms with Crippen molar-refractivity contribution in [2.24, 2.45) is 11.5 Å². The van der Waals surface area contributed by atoms with Crippen LogP contribution < -0.4 is 21.3 Å². The second-order valence-corrected chi connectivity index (χ2v) is 18.3. The van der Waals surface area contributed by atoms with Crippen LogP contribution in [0.15, 0.2) is 47.9 Å². The summed E-state index contributed by atoms with van der Waals surface area (Å²) in [6.45, 7) is 6.83. The van der Waals surface area contributed by atoms with Gasteiger partial charge in [0.15, 0.2) is 0 Å². The van der Waals surface area contributed by atoms with E-state index in [0.717, 1.165) is 13.1 Å². The van der Waals surface area contributed by atoms with Crippen molar-refractivity contribution in [2.75, 3.05) is 39.3 Å². The molecule has 6 N–H and O–H groups in total. The van der Waals surface area contributed by atoms with Gasteiger partial charge in [-0.15, -0.1) is 0 Å². The third-order valence-corrected chi connectivity index (χ3v) is 12.8. The van der Waals surface area contributed by atoms with Gasteiger partial charge in [-0.3, -0.25) is 0 Å². The van der Waals surface area contributed by atoms with Gasteiger partial charge in [0.25, 0.3) is 0 Å². The molecule has 2 atom stereocenters. The van der Waals surface area contributed by atoms with E-state index in [1.54, 1.807) is 20.9 Å². The molecule has 0 aromatic heterocycles. The van der Waals surface area contributed by atoms with Crippen LogP contribution in [0.2, 0.25) is 0 Å². The largest absolute Gasteiger partial charge is 0.330 e. The summed E-state index contributed by atoms with van der Waals surface area (Å²) < 4.78 is 0. The maximum Gasteiger partial charge on any atom is 0.103 e. The van der Waals surface area contributed by atoms with E-state index in [9.17, 15) is 0 Å². The Kier molecular flexibility index (Phi) is 36.9. The van der Waals surface area contributed by atoms with Gasteiger partial charge in [0, 0.05) is 5.57 Å². The highest BCUT2D eigenvalue weighted by atomic mass is 15.1. The molecule has 0 bridgehead atoms. The minimum atomic E-state index is 0.866. The molecule has 0 aliphatic carbocycles. The van der Waals surface area contributed by atoms with E-state index in [-0.39, 0.29) is 0 Å². The fourth-order valence-corrected chi connectivity index (χ4v) is 9.11. The SMILES string of the molecule is NCCCCCCCCCCCCCCCC[NH+]1C=CC=C(CCCCCCCCCCCCC2=C[NH+](CCCCCCCCCCCCCCN)CC=C2)C1. The van der Waals surface area contributed by atoms with Gasteiger partial charge in [-0.1, -0.05) is 192 Å². The minimum absolute atomic E-state index is 0.866. The van der Waals surface area contributed by atoms with Crippen LogP contribution in [0, 0.1) is 0 Å². The Morgan fingerprint density at radius 2 is 0.750 bits per heavy atom. The van der Waals surface area contributed by atoms with Crippen molar-refractivity contribution >= 4 is 0 Å². The molecule has 0 saturated heterocycles. The van der Waals surface area contributed by atoms with Crippen LogP contribution in [0.4, 0.5) is 0 Å². The zero-order valence-electron chi connectivity index (χ0n) is 37.7. The lowest BCUT2D eigenvalue weighted by Gasteiger charge is -2.19. The topological polar surface area (TPSA) is 60.9 Å². The van der Waals surface area contributed by atoms with Crippen LogP contribution in [0.5, 0.6) is 0 Å². The highest BCUT2D eigenvalue weighted by molar-refractivity contribution is 5.18. The summed E-state index contributed by atoms with van der Waals surface area (Å²) in [5.74, 6) is 0. The molecule has 2 aliphatic rings. The summed E-state index contributed by atoms with van der Waals surface area (Å²) in [5, 5.41) is 0. The molecular weight excluding hydrogens is 681 g/mol. The molecule has 2 heterocycles. The summed E-state index contributed by atoms with van der Waals surface area (Å²) in [7, 11) is 0. The van der Waals surface area contributed by atoms with Crippen LogP contribution in [0.3, 0.4) is 0 Å². The van der Waals surface area contributed by atoms with Gasteiger partial charge in [0.1, 0.15) is 13.1 Å². The number of hydrogen-bond acceptors (Lipinski definition) is 2. The average Bonchev–Trinajstić information content (AvgIpc) is 3.22. The van der Waals surface area contributed by atoms with Crippen LogP contribution in [-0.2, 0) is 0 Å². The highest BCUT2D eigenvalue weighted by Gasteiger charge is 2.12. The second-order valence-electron chi connectivity index (χ2n) is 18.3. The highest BCUT2D eigenvalue weighted by Crippen LogP contribution is 2.17. The van der Waals surface area contributed by atoms with E-state index in [0.29, 0.717) is 0 Å². The fraction of sp³-hybridized carbons (Fsp3) is 0.846. The first kappa shape index (κ1) is 50.9. The molecule has 326 valence electrons. The Morgan fingerprint density at radius 1 is 0.393 bits per heavy atom. The van der Waals surface area contributed by atoms with E-state index in [4.69, 9.17) is 11.5 Å². The summed E-state index contributed by atoms with van der Waals surface area (Å²) in [4.78, 5) is 3.38. The van der Waals surface area contributed by atoms with Crippen molar-refractivity contribution in [3.8, 4) is 0 Å². The molecule has 0 spiro atoms. The van der Waals surface area contributed by atoms with Crippen molar-refractivity contribution < 1.29 is 9.80 Å². The predicted octanol–water partition coefficient (Wildman–Crippen LogP) is 12.4. The van der Waals surface area contributed by atoms with Crippen molar-refractivity contribution in [1.82, 2.24) is 0 Å². The zero-order valence-corrected chi connectivity index (χ0v) is 37.7. The van der Waals surface area contributed by atoms with Gasteiger partial charge in [0.2, 0.25) is 0 Å². The zero-order chi connectivity index (χ0) is 39.7. The summed E-state index contributed by atoms with van der Waals surface area (Å²) in [6.07, 6.45) is 68.0. The smallest absolute Gasteiger partial charge is 0.103 e. The molecule has 0 saturated carbocycles. The number of quaternary nitrogens is 2. The van der Waals surface area contributed by atoms with E-state index in [1.165, 1.54) is 270 Å².